The van der Waals surface area contributed by atoms with E-state index < -0.39 is 0 Å². The molecule has 1 amide bonds. The fraction of sp³-hybridized carbons (Fsp3) is 0.467. The fourth-order valence-electron chi connectivity index (χ4n) is 1.97. The average Bonchev–Trinajstić information content (AvgIpc) is 3.01. The van der Waals surface area contributed by atoms with Crippen LogP contribution >= 0.6 is 11.8 Å². The van der Waals surface area contributed by atoms with Gasteiger partial charge in [-0.1, -0.05) is 31.2 Å². The average molecular weight is 335 g/mol. The maximum atomic E-state index is 11.8. The molecule has 7 nitrogen and oxygen atoms in total. The molecule has 2 rings (SSSR count). The van der Waals surface area contributed by atoms with Crippen LogP contribution in [0.15, 0.2) is 23.4 Å². The number of ether oxygens (including phenoxy) is 1. The van der Waals surface area contributed by atoms with Gasteiger partial charge in [-0.05, 0) is 41.5 Å². The fourth-order valence-corrected chi connectivity index (χ4v) is 2.69. The number of hydrogen-bond acceptors (Lipinski definition) is 6. The van der Waals surface area contributed by atoms with E-state index in [0.717, 1.165) is 24.1 Å². The van der Waals surface area contributed by atoms with E-state index in [1.807, 2.05) is 25.1 Å². The van der Waals surface area contributed by atoms with Crippen molar-refractivity contribution in [3.8, 4) is 11.4 Å². The van der Waals surface area contributed by atoms with Gasteiger partial charge in [0.1, 0.15) is 11.4 Å². The molecule has 1 aromatic heterocycles. The van der Waals surface area contributed by atoms with Gasteiger partial charge in [-0.2, -0.15) is 4.68 Å². The topological polar surface area (TPSA) is 81.9 Å². The number of thioether (sulfide) groups is 1. The predicted octanol–water partition coefficient (Wildman–Crippen LogP) is 1.99. The molecule has 8 heteroatoms. The maximum Gasteiger partial charge on any atom is 0.230 e. The zero-order chi connectivity index (χ0) is 16.7. The van der Waals surface area contributed by atoms with E-state index in [4.69, 9.17) is 4.74 Å². The molecule has 1 heterocycles. The van der Waals surface area contributed by atoms with Gasteiger partial charge in [0.05, 0.1) is 12.9 Å². The summed E-state index contributed by atoms with van der Waals surface area (Å²) in [5.74, 6) is 0.935. The molecule has 1 N–H and O–H groups in total. The Hall–Kier alpha value is -2.09. The van der Waals surface area contributed by atoms with Crippen molar-refractivity contribution in [3.63, 3.8) is 0 Å². The summed E-state index contributed by atoms with van der Waals surface area (Å²) in [5, 5.41) is 15.1. The van der Waals surface area contributed by atoms with Gasteiger partial charge < -0.3 is 10.1 Å². The number of aromatic nitrogens is 4. The number of nitrogens with zero attached hydrogens (tertiary/aromatic N) is 4. The van der Waals surface area contributed by atoms with Crippen LogP contribution in [-0.2, 0) is 4.79 Å². The minimum Gasteiger partial charge on any atom is -0.494 e. The zero-order valence-corrected chi connectivity index (χ0v) is 14.4. The first-order valence-corrected chi connectivity index (χ1v) is 8.47. The molecule has 0 aliphatic heterocycles. The van der Waals surface area contributed by atoms with Crippen LogP contribution in [0.1, 0.15) is 25.3 Å². The number of amides is 1. The lowest BCUT2D eigenvalue weighted by Gasteiger charge is -2.10. The first-order chi connectivity index (χ1) is 11.2. The number of carbonyl (C=O) groups excluding carboxylic acids is 1. The molecule has 124 valence electrons. The van der Waals surface area contributed by atoms with Gasteiger partial charge in [-0.15, -0.1) is 5.10 Å². The molecule has 0 spiro atoms. The Morgan fingerprint density at radius 1 is 1.43 bits per heavy atom. The van der Waals surface area contributed by atoms with Crippen molar-refractivity contribution in [1.29, 1.82) is 0 Å². The van der Waals surface area contributed by atoms with E-state index in [0.29, 0.717) is 17.5 Å². The second kappa shape index (κ2) is 8.52. The lowest BCUT2D eigenvalue weighted by atomic mass is 10.2. The number of benzene rings is 1. The Morgan fingerprint density at radius 2 is 2.26 bits per heavy atom. The molecular formula is C15H21N5O2S. The highest BCUT2D eigenvalue weighted by molar-refractivity contribution is 7.99. The van der Waals surface area contributed by atoms with E-state index in [1.54, 1.807) is 11.8 Å². The first-order valence-electron chi connectivity index (χ1n) is 7.48. The number of tetrazole rings is 1. The summed E-state index contributed by atoms with van der Waals surface area (Å²) in [6, 6.07) is 5.78. The first kappa shape index (κ1) is 17.3. The molecule has 1 aromatic carbocycles. The molecular weight excluding hydrogens is 314 g/mol. The van der Waals surface area contributed by atoms with E-state index in [-0.39, 0.29) is 11.7 Å². The van der Waals surface area contributed by atoms with E-state index >= 15 is 0 Å². The summed E-state index contributed by atoms with van der Waals surface area (Å²) < 4.78 is 6.96. The number of unbranched alkanes of at least 4 members (excludes halogenated alkanes) is 1. The smallest absolute Gasteiger partial charge is 0.230 e. The number of hydrogen-bond donors (Lipinski definition) is 1. The number of nitrogens with one attached hydrogen (secondary N) is 1. The highest BCUT2D eigenvalue weighted by atomic mass is 32.2. The van der Waals surface area contributed by atoms with Gasteiger partial charge in [0.25, 0.3) is 0 Å². The van der Waals surface area contributed by atoms with E-state index in [2.05, 4.69) is 27.8 Å². The van der Waals surface area contributed by atoms with Crippen LogP contribution in [-0.4, -0.2) is 45.5 Å². The molecule has 0 fully saturated rings. The van der Waals surface area contributed by atoms with Crippen LogP contribution in [0.5, 0.6) is 5.75 Å². The molecule has 23 heavy (non-hydrogen) atoms. The third kappa shape index (κ3) is 4.69. The number of aryl methyl sites for hydroxylation is 1. The van der Waals surface area contributed by atoms with Crippen molar-refractivity contribution in [3.05, 3.63) is 23.8 Å². The minimum absolute atomic E-state index is 0.0193. The number of carbonyl (C=O) groups is 1. The number of rotatable bonds is 8. The normalized spacial score (nSPS) is 10.6. The highest BCUT2D eigenvalue weighted by Gasteiger charge is 2.15. The Bertz CT molecular complexity index is 659. The molecule has 0 atom stereocenters. The third-order valence-electron chi connectivity index (χ3n) is 3.19. The predicted molar refractivity (Wildman–Crippen MR) is 89.1 cm³/mol. The molecule has 0 saturated heterocycles. The van der Waals surface area contributed by atoms with E-state index in [9.17, 15) is 4.79 Å². The lowest BCUT2D eigenvalue weighted by Crippen LogP contribution is -2.26. The Morgan fingerprint density at radius 3 is 3.00 bits per heavy atom. The molecule has 0 aliphatic carbocycles. The van der Waals surface area contributed by atoms with Crippen molar-refractivity contribution in [2.75, 3.05) is 19.4 Å². The second-order valence-electron chi connectivity index (χ2n) is 5.04. The second-order valence-corrected chi connectivity index (χ2v) is 5.98. The maximum absolute atomic E-state index is 11.8. The van der Waals surface area contributed by atoms with Crippen LogP contribution in [0, 0.1) is 6.92 Å². The Labute approximate surface area is 139 Å². The summed E-state index contributed by atoms with van der Waals surface area (Å²) >= 11 is 1.30. The van der Waals surface area contributed by atoms with Crippen LogP contribution in [0.25, 0.3) is 5.69 Å². The molecule has 0 bridgehead atoms. The molecule has 0 radical (unpaired) electrons. The van der Waals surface area contributed by atoms with Gasteiger partial charge in [0.15, 0.2) is 0 Å². The SMILES string of the molecule is CCCCNC(=O)CSc1nnnn1-c1cc(C)ccc1OC. The van der Waals surface area contributed by atoms with Crippen LogP contribution in [0.4, 0.5) is 0 Å². The highest BCUT2D eigenvalue weighted by Crippen LogP contribution is 2.26. The van der Waals surface area contributed by atoms with Gasteiger partial charge in [0, 0.05) is 6.54 Å². The zero-order valence-electron chi connectivity index (χ0n) is 13.6. The van der Waals surface area contributed by atoms with Crippen molar-refractivity contribution in [2.24, 2.45) is 0 Å². The molecule has 0 unspecified atom stereocenters. The van der Waals surface area contributed by atoms with Crippen LogP contribution in [0.2, 0.25) is 0 Å². The number of methoxy groups -OCH3 is 1. The van der Waals surface area contributed by atoms with Gasteiger partial charge in [-0.25, -0.2) is 0 Å². The minimum atomic E-state index is -0.0193. The standard InChI is InChI=1S/C15H21N5O2S/c1-4-5-8-16-14(21)10-23-15-17-18-19-20(15)12-9-11(2)6-7-13(12)22-3/h6-7,9H,4-5,8,10H2,1-3H3,(H,16,21). The largest absolute Gasteiger partial charge is 0.494 e. The molecule has 0 aliphatic rings. The van der Waals surface area contributed by atoms with E-state index in [1.165, 1.54) is 11.8 Å². The van der Waals surface area contributed by atoms with Crippen molar-refractivity contribution >= 4 is 17.7 Å². The monoisotopic (exact) mass is 335 g/mol. The lowest BCUT2D eigenvalue weighted by molar-refractivity contribution is -0.118. The Kier molecular flexibility index (Phi) is 6.40. The van der Waals surface area contributed by atoms with Gasteiger partial charge >= 0.3 is 0 Å². The molecule has 2 aromatic rings. The summed E-state index contributed by atoms with van der Waals surface area (Å²) in [6.07, 6.45) is 2.04. The summed E-state index contributed by atoms with van der Waals surface area (Å²) in [6.45, 7) is 4.78. The van der Waals surface area contributed by atoms with Gasteiger partial charge in [0.2, 0.25) is 11.1 Å². The van der Waals surface area contributed by atoms with Gasteiger partial charge in [-0.3, -0.25) is 4.79 Å². The van der Waals surface area contributed by atoms with Crippen molar-refractivity contribution in [2.45, 2.75) is 31.8 Å². The van der Waals surface area contributed by atoms with Crippen molar-refractivity contribution < 1.29 is 9.53 Å². The quantitative estimate of drug-likeness (QED) is 0.587. The summed E-state index contributed by atoms with van der Waals surface area (Å²) in [7, 11) is 1.60. The van der Waals surface area contributed by atoms with Crippen molar-refractivity contribution in [1.82, 2.24) is 25.5 Å². The molecule has 0 saturated carbocycles. The summed E-state index contributed by atoms with van der Waals surface area (Å²) in [5.41, 5.74) is 1.83. The summed E-state index contributed by atoms with van der Waals surface area (Å²) in [4.78, 5) is 11.8. The Balaban J connectivity index is 2.08. The van der Waals surface area contributed by atoms with Crippen LogP contribution < -0.4 is 10.1 Å². The van der Waals surface area contributed by atoms with Crippen LogP contribution in [0.3, 0.4) is 0 Å². The third-order valence-corrected chi connectivity index (χ3v) is 4.11.